The number of rotatable bonds is 1. The summed E-state index contributed by atoms with van der Waals surface area (Å²) in [6.07, 6.45) is 5.91. The first-order valence-electron chi connectivity index (χ1n) is 5.59. The fourth-order valence-corrected chi connectivity index (χ4v) is 3.02. The minimum atomic E-state index is -0.0385. The lowest BCUT2D eigenvalue weighted by Crippen LogP contribution is -2.50. The van der Waals surface area contributed by atoms with Crippen LogP contribution in [0.15, 0.2) is 0 Å². The van der Waals surface area contributed by atoms with Gasteiger partial charge in [-0.2, -0.15) is 0 Å². The maximum atomic E-state index is 11.6. The van der Waals surface area contributed by atoms with E-state index < -0.39 is 0 Å². The molecule has 0 N–H and O–H groups in total. The molecule has 0 bridgehead atoms. The van der Waals surface area contributed by atoms with Crippen LogP contribution in [0.3, 0.4) is 0 Å². The molecule has 14 heavy (non-hydrogen) atoms. The fourth-order valence-electron chi connectivity index (χ4n) is 3.02. The summed E-state index contributed by atoms with van der Waals surface area (Å²) in [5, 5.41) is 0. The van der Waals surface area contributed by atoms with E-state index in [1.54, 1.807) is 0 Å². The maximum Gasteiger partial charge on any atom is 0.323 e. The summed E-state index contributed by atoms with van der Waals surface area (Å²) in [4.78, 5) is 14.0. The van der Waals surface area contributed by atoms with E-state index in [4.69, 9.17) is 4.74 Å². The number of fused-ring (bicyclic) bond motifs is 1. The summed E-state index contributed by atoms with van der Waals surface area (Å²) in [5.74, 6) is -0.0385. The Kier molecular flexibility index (Phi) is 2.77. The van der Waals surface area contributed by atoms with E-state index in [9.17, 15) is 4.79 Å². The third-order valence-corrected chi connectivity index (χ3v) is 3.70. The van der Waals surface area contributed by atoms with Crippen LogP contribution in [0.5, 0.6) is 0 Å². The summed E-state index contributed by atoms with van der Waals surface area (Å²) < 4.78 is 4.87. The number of esters is 1. The number of carbonyl (C=O) groups is 1. The lowest BCUT2D eigenvalue weighted by molar-refractivity contribution is -0.149. The second-order valence-corrected chi connectivity index (χ2v) is 4.50. The van der Waals surface area contributed by atoms with Crippen molar-refractivity contribution in [3.05, 3.63) is 0 Å². The molecule has 0 aromatic heterocycles. The number of methoxy groups -OCH3 is 1. The highest BCUT2D eigenvalue weighted by atomic mass is 16.5. The minimum Gasteiger partial charge on any atom is -0.468 e. The van der Waals surface area contributed by atoms with Crippen LogP contribution >= 0.6 is 0 Å². The molecule has 0 aliphatic carbocycles. The molecule has 0 saturated carbocycles. The Labute approximate surface area is 85.4 Å². The van der Waals surface area contributed by atoms with Gasteiger partial charge in [0.15, 0.2) is 0 Å². The number of nitrogens with zero attached hydrogens (tertiary/aromatic N) is 1. The molecule has 3 nitrogen and oxygen atoms in total. The topological polar surface area (TPSA) is 29.5 Å². The molecule has 0 amide bonds. The van der Waals surface area contributed by atoms with E-state index in [1.807, 2.05) is 0 Å². The second kappa shape index (κ2) is 3.89. The molecule has 2 heterocycles. The van der Waals surface area contributed by atoms with Gasteiger partial charge in [-0.25, -0.2) is 0 Å². The van der Waals surface area contributed by atoms with Gasteiger partial charge < -0.3 is 4.74 Å². The maximum absolute atomic E-state index is 11.6. The highest BCUT2D eigenvalue weighted by Gasteiger charge is 2.41. The SMILES string of the molecule is COC(=O)[C@H]1CCC[C@H]2CC[C@@H](C)N21. The largest absolute Gasteiger partial charge is 0.468 e. The quantitative estimate of drug-likeness (QED) is 0.597. The van der Waals surface area contributed by atoms with Crippen LogP contribution in [0.2, 0.25) is 0 Å². The molecule has 3 heteroatoms. The summed E-state index contributed by atoms with van der Waals surface area (Å²) >= 11 is 0. The number of hydrogen-bond donors (Lipinski definition) is 0. The Morgan fingerprint density at radius 1 is 1.29 bits per heavy atom. The van der Waals surface area contributed by atoms with Gasteiger partial charge in [-0.3, -0.25) is 9.69 Å². The Bertz CT molecular complexity index is 227. The van der Waals surface area contributed by atoms with Crippen molar-refractivity contribution in [2.45, 2.75) is 57.2 Å². The third kappa shape index (κ3) is 1.54. The summed E-state index contributed by atoms with van der Waals surface area (Å²) in [7, 11) is 1.49. The number of hydrogen-bond acceptors (Lipinski definition) is 3. The molecule has 2 aliphatic rings. The Morgan fingerprint density at radius 2 is 2.07 bits per heavy atom. The first-order valence-corrected chi connectivity index (χ1v) is 5.59. The second-order valence-electron chi connectivity index (χ2n) is 4.50. The average molecular weight is 197 g/mol. The first kappa shape index (κ1) is 9.97. The standard InChI is InChI=1S/C11H19NO2/c1-8-6-7-9-4-3-5-10(12(8)9)11(13)14-2/h8-10H,3-7H2,1-2H3/t8-,9+,10-/m1/s1. The number of piperidine rings is 1. The van der Waals surface area contributed by atoms with E-state index in [-0.39, 0.29) is 12.0 Å². The van der Waals surface area contributed by atoms with Crippen molar-refractivity contribution in [1.82, 2.24) is 4.90 Å². The van der Waals surface area contributed by atoms with Crippen LogP contribution in [0.4, 0.5) is 0 Å². The number of carbonyl (C=O) groups excluding carboxylic acids is 1. The van der Waals surface area contributed by atoms with Crippen molar-refractivity contribution in [2.75, 3.05) is 7.11 Å². The normalized spacial score (nSPS) is 38.0. The zero-order chi connectivity index (χ0) is 10.1. The monoisotopic (exact) mass is 197 g/mol. The molecule has 0 unspecified atom stereocenters. The van der Waals surface area contributed by atoms with Gasteiger partial charge in [0.05, 0.1) is 7.11 Å². The summed E-state index contributed by atoms with van der Waals surface area (Å²) in [6, 6.07) is 1.24. The van der Waals surface area contributed by atoms with Crippen LogP contribution in [0.25, 0.3) is 0 Å². The van der Waals surface area contributed by atoms with Crippen LogP contribution in [-0.4, -0.2) is 36.1 Å². The zero-order valence-corrected chi connectivity index (χ0v) is 9.03. The van der Waals surface area contributed by atoms with Gasteiger partial charge >= 0.3 is 5.97 Å². The Morgan fingerprint density at radius 3 is 2.79 bits per heavy atom. The molecule has 0 aromatic rings. The Balaban J connectivity index is 2.12. The van der Waals surface area contributed by atoms with Gasteiger partial charge in [0, 0.05) is 12.1 Å². The van der Waals surface area contributed by atoms with Crippen molar-refractivity contribution in [2.24, 2.45) is 0 Å². The summed E-state index contributed by atoms with van der Waals surface area (Å²) in [6.45, 7) is 2.22. The molecular weight excluding hydrogens is 178 g/mol. The summed E-state index contributed by atoms with van der Waals surface area (Å²) in [5.41, 5.74) is 0. The van der Waals surface area contributed by atoms with Crippen LogP contribution in [0.1, 0.15) is 39.0 Å². The van der Waals surface area contributed by atoms with Crippen molar-refractivity contribution in [3.8, 4) is 0 Å². The lowest BCUT2D eigenvalue weighted by Gasteiger charge is -2.38. The van der Waals surface area contributed by atoms with Crippen LogP contribution in [0, 0.1) is 0 Å². The molecule has 0 aromatic carbocycles. The molecule has 2 rings (SSSR count). The van der Waals surface area contributed by atoms with Gasteiger partial charge in [0.2, 0.25) is 0 Å². The first-order chi connectivity index (χ1) is 6.74. The predicted octanol–water partition coefficient (Wildman–Crippen LogP) is 1.56. The highest BCUT2D eigenvalue weighted by Crippen LogP contribution is 2.35. The lowest BCUT2D eigenvalue weighted by atomic mass is 9.96. The molecular formula is C11H19NO2. The zero-order valence-electron chi connectivity index (χ0n) is 9.03. The molecule has 2 saturated heterocycles. The van der Waals surface area contributed by atoms with E-state index in [2.05, 4.69) is 11.8 Å². The van der Waals surface area contributed by atoms with E-state index in [0.29, 0.717) is 12.1 Å². The van der Waals surface area contributed by atoms with Gasteiger partial charge in [-0.15, -0.1) is 0 Å². The molecule has 2 aliphatic heterocycles. The fraction of sp³-hybridized carbons (Fsp3) is 0.909. The van der Waals surface area contributed by atoms with Gasteiger partial charge in [-0.05, 0) is 39.0 Å². The van der Waals surface area contributed by atoms with Crippen molar-refractivity contribution < 1.29 is 9.53 Å². The highest BCUT2D eigenvalue weighted by molar-refractivity contribution is 5.75. The van der Waals surface area contributed by atoms with E-state index in [0.717, 1.165) is 6.42 Å². The molecule has 0 spiro atoms. The predicted molar refractivity (Wildman–Crippen MR) is 54.0 cm³/mol. The van der Waals surface area contributed by atoms with Crippen molar-refractivity contribution in [3.63, 3.8) is 0 Å². The molecule has 3 atom stereocenters. The third-order valence-electron chi connectivity index (χ3n) is 3.70. The van der Waals surface area contributed by atoms with Gasteiger partial charge in [0.25, 0.3) is 0 Å². The Hall–Kier alpha value is -0.570. The van der Waals surface area contributed by atoms with E-state index >= 15 is 0 Å². The van der Waals surface area contributed by atoms with Gasteiger partial charge in [0.1, 0.15) is 6.04 Å². The average Bonchev–Trinajstić information content (AvgIpc) is 2.59. The number of ether oxygens (including phenoxy) is 1. The van der Waals surface area contributed by atoms with Gasteiger partial charge in [-0.1, -0.05) is 0 Å². The smallest absolute Gasteiger partial charge is 0.323 e. The van der Waals surface area contributed by atoms with Crippen molar-refractivity contribution >= 4 is 5.97 Å². The molecule has 0 radical (unpaired) electrons. The molecule has 80 valence electrons. The van der Waals surface area contributed by atoms with Crippen molar-refractivity contribution in [1.29, 1.82) is 0 Å². The van der Waals surface area contributed by atoms with Crippen LogP contribution < -0.4 is 0 Å². The van der Waals surface area contributed by atoms with Crippen LogP contribution in [-0.2, 0) is 9.53 Å². The van der Waals surface area contributed by atoms with E-state index in [1.165, 1.54) is 32.8 Å². The molecule has 2 fully saturated rings. The minimum absolute atomic E-state index is 0.0382.